The predicted octanol–water partition coefficient (Wildman–Crippen LogP) is 1.87. The van der Waals surface area contributed by atoms with E-state index in [0.29, 0.717) is 0 Å². The van der Waals surface area contributed by atoms with Gasteiger partial charge in [-0.2, -0.15) is 0 Å². The molecule has 2 N–H and O–H groups in total. The molecule has 0 amide bonds. The second-order valence-electron chi connectivity index (χ2n) is 5.79. The van der Waals surface area contributed by atoms with Crippen LogP contribution < -0.4 is 10.6 Å². The van der Waals surface area contributed by atoms with Gasteiger partial charge in [0.2, 0.25) is 0 Å². The third-order valence-corrected chi connectivity index (χ3v) is 4.46. The molecule has 2 heteroatoms. The van der Waals surface area contributed by atoms with Crippen LogP contribution in [0.4, 0.5) is 0 Å². The minimum atomic E-state index is 0.719. The summed E-state index contributed by atoms with van der Waals surface area (Å²) >= 11 is 0. The topological polar surface area (TPSA) is 24.1 Å². The summed E-state index contributed by atoms with van der Waals surface area (Å²) in [7, 11) is 0. The molecule has 0 bridgehead atoms. The largest absolute Gasteiger partial charge is 0.316 e. The average Bonchev–Trinajstić information content (AvgIpc) is 2.61. The highest BCUT2D eigenvalue weighted by molar-refractivity contribution is 4.93. The van der Waals surface area contributed by atoms with Crippen LogP contribution in [0.3, 0.4) is 0 Å². The third kappa shape index (κ3) is 2.36. The number of rotatable bonds is 2. The van der Waals surface area contributed by atoms with Crippen LogP contribution in [-0.4, -0.2) is 25.7 Å². The highest BCUT2D eigenvalue weighted by atomic mass is 15.0. The summed E-state index contributed by atoms with van der Waals surface area (Å²) in [6.45, 7) is 10.9. The van der Waals surface area contributed by atoms with E-state index in [1.54, 1.807) is 0 Å². The van der Waals surface area contributed by atoms with Crippen LogP contribution in [0.25, 0.3) is 0 Å². The molecular weight excluding hydrogens is 184 g/mol. The van der Waals surface area contributed by atoms with E-state index in [-0.39, 0.29) is 0 Å². The van der Waals surface area contributed by atoms with Crippen molar-refractivity contribution in [1.29, 1.82) is 0 Å². The fraction of sp³-hybridized carbons (Fsp3) is 1.00. The van der Waals surface area contributed by atoms with Crippen LogP contribution >= 0.6 is 0 Å². The van der Waals surface area contributed by atoms with Gasteiger partial charge in [0.05, 0.1) is 0 Å². The minimum absolute atomic E-state index is 0.719. The molecular formula is C13H26N2. The van der Waals surface area contributed by atoms with Crippen LogP contribution in [-0.2, 0) is 0 Å². The number of piperidine rings is 1. The molecule has 0 aromatic heterocycles. The third-order valence-electron chi connectivity index (χ3n) is 4.46. The van der Waals surface area contributed by atoms with Crippen LogP contribution in [0.5, 0.6) is 0 Å². The molecule has 2 heterocycles. The van der Waals surface area contributed by atoms with Crippen molar-refractivity contribution in [1.82, 2.24) is 10.6 Å². The number of nitrogens with one attached hydrogen (secondary N) is 2. The lowest BCUT2D eigenvalue weighted by Crippen LogP contribution is -2.38. The Hall–Kier alpha value is -0.0800. The second kappa shape index (κ2) is 4.84. The van der Waals surface area contributed by atoms with Crippen molar-refractivity contribution < 1.29 is 0 Å². The Morgan fingerprint density at radius 3 is 2.60 bits per heavy atom. The van der Waals surface area contributed by atoms with Crippen LogP contribution in [0, 0.1) is 23.7 Å². The number of hydrogen-bond acceptors (Lipinski definition) is 2. The first-order valence-corrected chi connectivity index (χ1v) is 6.64. The minimum Gasteiger partial charge on any atom is -0.316 e. The molecule has 4 unspecified atom stereocenters. The number of hydrogen-bond donors (Lipinski definition) is 2. The second-order valence-corrected chi connectivity index (χ2v) is 5.79. The van der Waals surface area contributed by atoms with Gasteiger partial charge < -0.3 is 10.6 Å². The van der Waals surface area contributed by atoms with Crippen molar-refractivity contribution >= 4 is 0 Å². The first-order valence-electron chi connectivity index (χ1n) is 6.64. The van der Waals surface area contributed by atoms with Crippen LogP contribution in [0.2, 0.25) is 0 Å². The van der Waals surface area contributed by atoms with Gasteiger partial charge in [-0.15, -0.1) is 0 Å². The first-order chi connectivity index (χ1) is 7.20. The molecule has 2 fully saturated rings. The van der Waals surface area contributed by atoms with Gasteiger partial charge in [0, 0.05) is 6.04 Å². The zero-order chi connectivity index (χ0) is 10.8. The Morgan fingerprint density at radius 2 is 2.00 bits per heavy atom. The molecule has 0 aliphatic carbocycles. The average molecular weight is 210 g/mol. The van der Waals surface area contributed by atoms with Gasteiger partial charge >= 0.3 is 0 Å². The molecule has 88 valence electrons. The molecule has 4 atom stereocenters. The molecule has 2 aliphatic heterocycles. The lowest BCUT2D eigenvalue weighted by Gasteiger charge is -2.34. The van der Waals surface area contributed by atoms with E-state index in [1.165, 1.54) is 32.5 Å². The van der Waals surface area contributed by atoms with E-state index >= 15 is 0 Å². The van der Waals surface area contributed by atoms with Crippen molar-refractivity contribution in [2.75, 3.05) is 19.6 Å². The maximum atomic E-state index is 3.67. The van der Waals surface area contributed by atoms with Crippen LogP contribution in [0.1, 0.15) is 33.6 Å². The van der Waals surface area contributed by atoms with E-state index in [4.69, 9.17) is 0 Å². The highest BCUT2D eigenvalue weighted by Gasteiger charge is 2.39. The molecule has 0 spiro atoms. The van der Waals surface area contributed by atoms with Crippen molar-refractivity contribution in [3.05, 3.63) is 0 Å². The van der Waals surface area contributed by atoms with Crippen molar-refractivity contribution in [2.24, 2.45) is 23.7 Å². The Morgan fingerprint density at radius 1 is 1.20 bits per heavy atom. The quantitative estimate of drug-likeness (QED) is 0.727. The molecule has 2 saturated heterocycles. The summed E-state index contributed by atoms with van der Waals surface area (Å²) in [5.41, 5.74) is 0. The van der Waals surface area contributed by atoms with Gasteiger partial charge in [0.25, 0.3) is 0 Å². The van der Waals surface area contributed by atoms with Gasteiger partial charge in [-0.25, -0.2) is 0 Å². The molecule has 2 aliphatic rings. The molecule has 15 heavy (non-hydrogen) atoms. The summed E-state index contributed by atoms with van der Waals surface area (Å²) in [6, 6.07) is 0.719. The fourth-order valence-electron chi connectivity index (χ4n) is 3.76. The van der Waals surface area contributed by atoms with E-state index in [2.05, 4.69) is 31.4 Å². The van der Waals surface area contributed by atoms with Gasteiger partial charge in [-0.3, -0.25) is 0 Å². The summed E-state index contributed by atoms with van der Waals surface area (Å²) in [6.07, 6.45) is 2.82. The first kappa shape index (κ1) is 11.4. The standard InChI is InChI=1S/C13H26N2/c1-9(2)13-10(3)15-8-12(13)11-5-4-6-14-7-11/h9-15H,4-8H2,1-3H3. The summed E-state index contributed by atoms with van der Waals surface area (Å²) < 4.78 is 0. The molecule has 2 rings (SSSR count). The van der Waals surface area contributed by atoms with Gasteiger partial charge in [-0.05, 0) is 63.1 Å². The summed E-state index contributed by atoms with van der Waals surface area (Å²) in [5, 5.41) is 7.23. The molecule has 0 radical (unpaired) electrons. The zero-order valence-corrected chi connectivity index (χ0v) is 10.4. The molecule has 2 nitrogen and oxygen atoms in total. The molecule has 0 aromatic carbocycles. The Balaban J connectivity index is 2.00. The Kier molecular flexibility index (Phi) is 3.68. The van der Waals surface area contributed by atoms with E-state index in [9.17, 15) is 0 Å². The normalized spacial score (nSPS) is 42.4. The monoisotopic (exact) mass is 210 g/mol. The maximum absolute atomic E-state index is 3.67. The van der Waals surface area contributed by atoms with Gasteiger partial charge in [-0.1, -0.05) is 13.8 Å². The summed E-state index contributed by atoms with van der Waals surface area (Å²) in [5.74, 6) is 3.54. The van der Waals surface area contributed by atoms with Crippen LogP contribution in [0.15, 0.2) is 0 Å². The lowest BCUT2D eigenvalue weighted by molar-refractivity contribution is 0.181. The van der Waals surface area contributed by atoms with Gasteiger partial charge in [0.1, 0.15) is 0 Å². The van der Waals surface area contributed by atoms with E-state index in [1.807, 2.05) is 0 Å². The molecule has 0 aromatic rings. The SMILES string of the molecule is CC(C)C1C(C)NCC1C1CCCNC1. The van der Waals surface area contributed by atoms with Gasteiger partial charge in [0.15, 0.2) is 0 Å². The predicted molar refractivity (Wildman–Crippen MR) is 64.9 cm³/mol. The van der Waals surface area contributed by atoms with E-state index in [0.717, 1.165) is 29.7 Å². The highest BCUT2D eigenvalue weighted by Crippen LogP contribution is 2.36. The van der Waals surface area contributed by atoms with Crippen molar-refractivity contribution in [2.45, 2.75) is 39.7 Å². The zero-order valence-electron chi connectivity index (χ0n) is 10.4. The van der Waals surface area contributed by atoms with Crippen molar-refractivity contribution in [3.8, 4) is 0 Å². The Labute approximate surface area is 94.2 Å². The summed E-state index contributed by atoms with van der Waals surface area (Å²) in [4.78, 5) is 0. The van der Waals surface area contributed by atoms with Crippen molar-refractivity contribution in [3.63, 3.8) is 0 Å². The maximum Gasteiger partial charge on any atom is 0.00727 e. The smallest absolute Gasteiger partial charge is 0.00727 e. The lowest BCUT2D eigenvalue weighted by atomic mass is 9.73. The molecule has 0 saturated carbocycles. The Bertz CT molecular complexity index is 197. The van der Waals surface area contributed by atoms with E-state index < -0.39 is 0 Å². The fourth-order valence-corrected chi connectivity index (χ4v) is 3.76.